The summed E-state index contributed by atoms with van der Waals surface area (Å²) in [5.41, 5.74) is 3.10. The first-order valence-corrected chi connectivity index (χ1v) is 12.3. The highest BCUT2D eigenvalue weighted by Gasteiger charge is 2.25. The number of carbonyl (C=O) groups is 2. The van der Waals surface area contributed by atoms with Gasteiger partial charge >= 0.3 is 0 Å². The molecule has 2 amide bonds. The van der Waals surface area contributed by atoms with E-state index >= 15 is 0 Å². The number of benzene rings is 2. The van der Waals surface area contributed by atoms with Crippen molar-refractivity contribution >= 4 is 52.8 Å². The number of hydrogen-bond donors (Lipinski definition) is 2. The normalized spacial score (nSPS) is 13.1. The molecule has 0 bridgehead atoms. The van der Waals surface area contributed by atoms with Gasteiger partial charge in [0.2, 0.25) is 0 Å². The van der Waals surface area contributed by atoms with Crippen LogP contribution in [0.25, 0.3) is 0 Å². The SMILES string of the molecule is CC(C)C[C@H](NC(=O)[C@H](C)Oc1ccc(Cl)cc1Cl)C(=O)N/N=C\c1cc(Cl)ccc1OC(C)C. The van der Waals surface area contributed by atoms with E-state index in [1.54, 1.807) is 37.3 Å². The number of rotatable bonds is 11. The van der Waals surface area contributed by atoms with E-state index in [1.165, 1.54) is 12.3 Å². The molecule has 2 aromatic carbocycles. The monoisotopic (exact) mass is 541 g/mol. The van der Waals surface area contributed by atoms with Gasteiger partial charge < -0.3 is 14.8 Å². The Bertz CT molecular complexity index is 1060. The van der Waals surface area contributed by atoms with Crippen molar-refractivity contribution in [2.24, 2.45) is 11.0 Å². The van der Waals surface area contributed by atoms with Crippen molar-refractivity contribution < 1.29 is 19.1 Å². The van der Waals surface area contributed by atoms with Gasteiger partial charge in [0.1, 0.15) is 17.5 Å². The summed E-state index contributed by atoms with van der Waals surface area (Å²) in [6.07, 6.45) is 0.905. The lowest BCUT2D eigenvalue weighted by molar-refractivity contribution is -0.132. The Morgan fingerprint density at radius 1 is 0.914 bits per heavy atom. The van der Waals surface area contributed by atoms with Crippen molar-refractivity contribution in [3.05, 3.63) is 57.0 Å². The van der Waals surface area contributed by atoms with Gasteiger partial charge in [-0.25, -0.2) is 5.43 Å². The van der Waals surface area contributed by atoms with Gasteiger partial charge in [0, 0.05) is 15.6 Å². The average molecular weight is 543 g/mol. The third kappa shape index (κ3) is 9.59. The van der Waals surface area contributed by atoms with Crippen molar-refractivity contribution in [2.45, 2.75) is 59.3 Å². The summed E-state index contributed by atoms with van der Waals surface area (Å²) in [5, 5.41) is 8.02. The summed E-state index contributed by atoms with van der Waals surface area (Å²) in [7, 11) is 0. The summed E-state index contributed by atoms with van der Waals surface area (Å²) < 4.78 is 11.4. The third-order valence-electron chi connectivity index (χ3n) is 4.62. The Morgan fingerprint density at radius 2 is 1.54 bits per heavy atom. The number of ether oxygens (including phenoxy) is 2. The van der Waals surface area contributed by atoms with Crippen LogP contribution in [0.3, 0.4) is 0 Å². The first-order valence-electron chi connectivity index (χ1n) is 11.2. The number of hydrazone groups is 1. The summed E-state index contributed by atoms with van der Waals surface area (Å²) in [4.78, 5) is 25.6. The second kappa shape index (κ2) is 13.6. The van der Waals surface area contributed by atoms with Gasteiger partial charge in [-0.15, -0.1) is 0 Å². The Labute approximate surface area is 221 Å². The second-order valence-corrected chi connectivity index (χ2v) is 9.89. The van der Waals surface area contributed by atoms with Crippen molar-refractivity contribution in [3.63, 3.8) is 0 Å². The van der Waals surface area contributed by atoms with Gasteiger partial charge in [-0.3, -0.25) is 9.59 Å². The van der Waals surface area contributed by atoms with Gasteiger partial charge in [0.25, 0.3) is 11.8 Å². The quantitative estimate of drug-likeness (QED) is 0.274. The molecule has 0 fully saturated rings. The van der Waals surface area contributed by atoms with Crippen LogP contribution < -0.4 is 20.2 Å². The lowest BCUT2D eigenvalue weighted by atomic mass is 10.0. The molecule has 10 heteroatoms. The summed E-state index contributed by atoms with van der Waals surface area (Å²) in [6, 6.07) is 9.02. The molecule has 0 saturated heterocycles. The van der Waals surface area contributed by atoms with E-state index < -0.39 is 24.0 Å². The van der Waals surface area contributed by atoms with E-state index in [0.29, 0.717) is 33.5 Å². The van der Waals surface area contributed by atoms with Crippen LogP contribution in [0.5, 0.6) is 11.5 Å². The fraction of sp³-hybridized carbons (Fsp3) is 0.400. The van der Waals surface area contributed by atoms with Crippen LogP contribution in [-0.2, 0) is 9.59 Å². The smallest absolute Gasteiger partial charge is 0.262 e. The van der Waals surface area contributed by atoms with Crippen LogP contribution in [0.15, 0.2) is 41.5 Å². The zero-order valence-corrected chi connectivity index (χ0v) is 22.5. The minimum atomic E-state index is -0.901. The predicted octanol–water partition coefficient (Wildman–Crippen LogP) is 5.88. The maximum atomic E-state index is 12.8. The van der Waals surface area contributed by atoms with Crippen molar-refractivity contribution in [2.75, 3.05) is 0 Å². The largest absolute Gasteiger partial charge is 0.490 e. The number of hydrogen-bond acceptors (Lipinski definition) is 5. The van der Waals surface area contributed by atoms with Gasteiger partial charge in [-0.1, -0.05) is 48.7 Å². The van der Waals surface area contributed by atoms with E-state index in [-0.39, 0.29) is 17.0 Å². The Morgan fingerprint density at radius 3 is 2.14 bits per heavy atom. The predicted molar refractivity (Wildman–Crippen MR) is 141 cm³/mol. The fourth-order valence-corrected chi connectivity index (χ4v) is 3.67. The Balaban J connectivity index is 2.06. The summed E-state index contributed by atoms with van der Waals surface area (Å²) in [6.45, 7) is 9.28. The molecule has 2 atom stereocenters. The molecule has 0 heterocycles. The molecule has 0 aliphatic rings. The first-order chi connectivity index (χ1) is 16.5. The van der Waals surface area contributed by atoms with Gasteiger partial charge in [0.15, 0.2) is 6.10 Å². The second-order valence-electron chi connectivity index (χ2n) is 8.61. The maximum absolute atomic E-state index is 12.8. The molecule has 0 aliphatic heterocycles. The van der Waals surface area contributed by atoms with Gasteiger partial charge in [0.05, 0.1) is 17.3 Å². The molecule has 0 radical (unpaired) electrons. The molecule has 190 valence electrons. The molecule has 0 aromatic heterocycles. The van der Waals surface area contributed by atoms with Gasteiger partial charge in [-0.2, -0.15) is 5.10 Å². The minimum absolute atomic E-state index is 0.0458. The Hall–Kier alpha value is -2.48. The maximum Gasteiger partial charge on any atom is 0.262 e. The molecule has 2 aromatic rings. The van der Waals surface area contributed by atoms with Crippen LogP contribution in [0.2, 0.25) is 15.1 Å². The van der Waals surface area contributed by atoms with Crippen LogP contribution in [0.4, 0.5) is 0 Å². The third-order valence-corrected chi connectivity index (χ3v) is 5.39. The molecule has 0 saturated carbocycles. The summed E-state index contributed by atoms with van der Waals surface area (Å²) in [5.74, 6) is 0.1000. The van der Waals surface area contributed by atoms with Crippen molar-refractivity contribution in [3.8, 4) is 11.5 Å². The molecular weight excluding hydrogens is 513 g/mol. The summed E-state index contributed by atoms with van der Waals surface area (Å²) >= 11 is 18.1. The van der Waals surface area contributed by atoms with E-state index in [0.717, 1.165) is 0 Å². The van der Waals surface area contributed by atoms with Crippen LogP contribution >= 0.6 is 34.8 Å². The number of nitrogens with zero attached hydrogens (tertiary/aromatic N) is 1. The highest BCUT2D eigenvalue weighted by Crippen LogP contribution is 2.28. The number of halogens is 3. The van der Waals surface area contributed by atoms with Crippen LogP contribution in [0, 0.1) is 5.92 Å². The highest BCUT2D eigenvalue weighted by molar-refractivity contribution is 6.35. The average Bonchev–Trinajstić information content (AvgIpc) is 2.76. The molecule has 0 spiro atoms. The van der Waals surface area contributed by atoms with E-state index in [9.17, 15) is 9.59 Å². The number of nitrogens with one attached hydrogen (secondary N) is 2. The standard InChI is InChI=1S/C25H30Cl3N3O4/c1-14(2)10-21(30-24(32)16(5)35-23-9-7-19(27)12-20(23)28)25(33)31-29-13-17-11-18(26)6-8-22(17)34-15(3)4/h6-9,11-16,21H,10H2,1-5H3,(H,30,32)(H,31,33)/b29-13-/t16-,21-/m0/s1. The fourth-order valence-electron chi connectivity index (χ4n) is 3.03. The lowest BCUT2D eigenvalue weighted by Gasteiger charge is -2.22. The molecule has 7 nitrogen and oxygen atoms in total. The van der Waals surface area contributed by atoms with Crippen LogP contribution in [0.1, 0.15) is 46.6 Å². The zero-order valence-electron chi connectivity index (χ0n) is 20.3. The van der Waals surface area contributed by atoms with Crippen LogP contribution in [-0.4, -0.2) is 36.3 Å². The molecular formula is C25H30Cl3N3O4. The molecule has 2 rings (SSSR count). The van der Waals surface area contributed by atoms with E-state index in [4.69, 9.17) is 44.3 Å². The van der Waals surface area contributed by atoms with Crippen molar-refractivity contribution in [1.82, 2.24) is 10.7 Å². The number of carbonyl (C=O) groups excluding carboxylic acids is 2. The Kier molecular flexibility index (Phi) is 11.1. The molecule has 2 N–H and O–H groups in total. The first kappa shape index (κ1) is 28.8. The van der Waals surface area contributed by atoms with E-state index in [1.807, 2.05) is 27.7 Å². The van der Waals surface area contributed by atoms with Gasteiger partial charge in [-0.05, 0) is 69.5 Å². The lowest BCUT2D eigenvalue weighted by Crippen LogP contribution is -2.49. The van der Waals surface area contributed by atoms with E-state index in [2.05, 4.69) is 15.8 Å². The zero-order chi connectivity index (χ0) is 26.1. The molecule has 0 unspecified atom stereocenters. The highest BCUT2D eigenvalue weighted by atomic mass is 35.5. The number of amides is 2. The topological polar surface area (TPSA) is 89.0 Å². The minimum Gasteiger partial charge on any atom is -0.490 e. The van der Waals surface area contributed by atoms with Crippen molar-refractivity contribution in [1.29, 1.82) is 0 Å². The molecule has 0 aliphatic carbocycles. The molecule has 35 heavy (non-hydrogen) atoms.